The SMILES string of the molecule is CCOC(=O)C(CO)NC(=O)C(CCC(=O)O)NC(=O)C(N)Cc1ccccc1. The maximum Gasteiger partial charge on any atom is 0.331 e. The molecule has 0 radical (unpaired) electrons. The van der Waals surface area contributed by atoms with Crippen LogP contribution in [-0.4, -0.2) is 65.3 Å². The van der Waals surface area contributed by atoms with Crippen LogP contribution in [-0.2, 0) is 30.3 Å². The number of carbonyl (C=O) groups excluding carboxylic acids is 3. The van der Waals surface area contributed by atoms with E-state index in [9.17, 15) is 24.3 Å². The van der Waals surface area contributed by atoms with Crippen molar-refractivity contribution in [3.63, 3.8) is 0 Å². The number of hydrogen-bond donors (Lipinski definition) is 5. The highest BCUT2D eigenvalue weighted by Gasteiger charge is 2.28. The summed E-state index contributed by atoms with van der Waals surface area (Å²) in [5, 5.41) is 22.9. The van der Waals surface area contributed by atoms with Crippen LogP contribution in [0.15, 0.2) is 30.3 Å². The minimum absolute atomic E-state index is 0.0543. The van der Waals surface area contributed by atoms with E-state index in [4.69, 9.17) is 15.6 Å². The van der Waals surface area contributed by atoms with Gasteiger partial charge in [-0.05, 0) is 25.3 Å². The first-order valence-electron chi connectivity index (χ1n) is 9.18. The molecule has 6 N–H and O–H groups in total. The van der Waals surface area contributed by atoms with Gasteiger partial charge in [0.15, 0.2) is 6.04 Å². The number of carboxylic acid groups (broad SMARTS) is 1. The molecule has 0 aliphatic heterocycles. The maximum absolute atomic E-state index is 12.5. The van der Waals surface area contributed by atoms with Crippen LogP contribution in [0.3, 0.4) is 0 Å². The predicted octanol–water partition coefficient (Wildman–Crippen LogP) is -1.05. The van der Waals surface area contributed by atoms with Gasteiger partial charge in [-0.3, -0.25) is 14.4 Å². The van der Waals surface area contributed by atoms with Crippen molar-refractivity contribution in [1.29, 1.82) is 0 Å². The summed E-state index contributed by atoms with van der Waals surface area (Å²) >= 11 is 0. The van der Waals surface area contributed by atoms with E-state index in [0.29, 0.717) is 0 Å². The van der Waals surface area contributed by atoms with Gasteiger partial charge in [0.05, 0.1) is 19.3 Å². The fourth-order valence-electron chi connectivity index (χ4n) is 2.47. The van der Waals surface area contributed by atoms with Gasteiger partial charge in [-0.1, -0.05) is 30.3 Å². The number of ether oxygens (including phenoxy) is 1. The number of benzene rings is 1. The Morgan fingerprint density at radius 1 is 1.07 bits per heavy atom. The molecule has 3 unspecified atom stereocenters. The molecule has 0 aliphatic carbocycles. The molecular weight excluding hydrogens is 382 g/mol. The van der Waals surface area contributed by atoms with Gasteiger partial charge in [0.1, 0.15) is 6.04 Å². The molecule has 1 aromatic carbocycles. The number of aliphatic carboxylic acids is 1. The third kappa shape index (κ3) is 8.71. The van der Waals surface area contributed by atoms with Crippen molar-refractivity contribution in [3.05, 3.63) is 35.9 Å². The first kappa shape index (κ1) is 24.1. The zero-order valence-corrected chi connectivity index (χ0v) is 16.2. The summed E-state index contributed by atoms with van der Waals surface area (Å²) in [5.41, 5.74) is 6.72. The molecule has 0 heterocycles. The topological polar surface area (TPSA) is 168 Å². The molecule has 0 spiro atoms. The monoisotopic (exact) mass is 409 g/mol. The highest BCUT2D eigenvalue weighted by atomic mass is 16.5. The van der Waals surface area contributed by atoms with Crippen molar-refractivity contribution < 1.29 is 34.1 Å². The Kier molecular flexibility index (Phi) is 10.3. The molecule has 3 atom stereocenters. The van der Waals surface area contributed by atoms with Crippen molar-refractivity contribution in [3.8, 4) is 0 Å². The molecule has 0 saturated carbocycles. The zero-order chi connectivity index (χ0) is 21.8. The smallest absolute Gasteiger partial charge is 0.331 e. The van der Waals surface area contributed by atoms with E-state index in [0.717, 1.165) is 5.56 Å². The third-order valence-electron chi connectivity index (χ3n) is 3.99. The minimum atomic E-state index is -1.33. The molecule has 0 fully saturated rings. The molecule has 0 bridgehead atoms. The average Bonchev–Trinajstić information content (AvgIpc) is 2.69. The summed E-state index contributed by atoms with van der Waals surface area (Å²) < 4.78 is 4.74. The molecule has 10 nitrogen and oxygen atoms in total. The molecule has 0 saturated heterocycles. The second kappa shape index (κ2) is 12.5. The summed E-state index contributed by atoms with van der Waals surface area (Å²) in [4.78, 5) is 47.5. The largest absolute Gasteiger partial charge is 0.481 e. The van der Waals surface area contributed by atoms with Crippen molar-refractivity contribution in [2.45, 2.75) is 44.3 Å². The lowest BCUT2D eigenvalue weighted by atomic mass is 10.0. The van der Waals surface area contributed by atoms with Crippen LogP contribution in [0.5, 0.6) is 0 Å². The number of carbonyl (C=O) groups is 4. The number of nitrogens with two attached hydrogens (primary N) is 1. The van der Waals surface area contributed by atoms with E-state index < -0.39 is 54.9 Å². The van der Waals surface area contributed by atoms with Crippen LogP contribution in [0, 0.1) is 0 Å². The summed E-state index contributed by atoms with van der Waals surface area (Å²) in [7, 11) is 0. The molecule has 29 heavy (non-hydrogen) atoms. The van der Waals surface area contributed by atoms with Gasteiger partial charge in [-0.2, -0.15) is 0 Å². The Morgan fingerprint density at radius 3 is 2.24 bits per heavy atom. The second-order valence-electron chi connectivity index (χ2n) is 6.29. The second-order valence-corrected chi connectivity index (χ2v) is 6.29. The fraction of sp³-hybridized carbons (Fsp3) is 0.474. The van der Waals surface area contributed by atoms with Gasteiger partial charge in [0, 0.05) is 6.42 Å². The molecule has 160 valence electrons. The Labute approximate surface area is 168 Å². The van der Waals surface area contributed by atoms with Crippen molar-refractivity contribution in [2.24, 2.45) is 5.73 Å². The van der Waals surface area contributed by atoms with E-state index in [1.165, 1.54) is 0 Å². The minimum Gasteiger partial charge on any atom is -0.481 e. The number of nitrogens with one attached hydrogen (secondary N) is 2. The zero-order valence-electron chi connectivity index (χ0n) is 16.2. The van der Waals surface area contributed by atoms with E-state index >= 15 is 0 Å². The molecule has 0 aromatic heterocycles. The number of esters is 1. The van der Waals surface area contributed by atoms with Crippen LogP contribution in [0.4, 0.5) is 0 Å². The molecule has 10 heteroatoms. The third-order valence-corrected chi connectivity index (χ3v) is 3.99. The van der Waals surface area contributed by atoms with E-state index in [-0.39, 0.29) is 19.4 Å². The van der Waals surface area contributed by atoms with E-state index in [1.54, 1.807) is 31.2 Å². The van der Waals surface area contributed by atoms with Crippen molar-refractivity contribution in [2.75, 3.05) is 13.2 Å². The van der Waals surface area contributed by atoms with E-state index in [1.807, 2.05) is 6.07 Å². The fourth-order valence-corrected chi connectivity index (χ4v) is 2.47. The Hall–Kier alpha value is -2.98. The quantitative estimate of drug-likeness (QED) is 0.272. The number of hydrogen-bond acceptors (Lipinski definition) is 7. The standard InChI is InChI=1S/C19H27N3O7/c1-2-29-19(28)15(11-23)22-18(27)14(8-9-16(24)25)21-17(26)13(20)10-12-6-4-3-5-7-12/h3-7,13-15,23H,2,8-11,20H2,1H3,(H,21,26)(H,22,27)(H,24,25). The van der Waals surface area contributed by atoms with Gasteiger partial charge in [0.25, 0.3) is 0 Å². The number of aliphatic hydroxyl groups excluding tert-OH is 1. The highest BCUT2D eigenvalue weighted by molar-refractivity contribution is 5.92. The summed E-state index contributed by atoms with van der Waals surface area (Å²) in [6, 6.07) is 5.48. The number of carboxylic acids is 1. The van der Waals surface area contributed by atoms with Gasteiger partial charge >= 0.3 is 11.9 Å². The van der Waals surface area contributed by atoms with Gasteiger partial charge in [-0.15, -0.1) is 0 Å². The lowest BCUT2D eigenvalue weighted by Gasteiger charge is -2.22. The van der Waals surface area contributed by atoms with Crippen LogP contribution in [0.25, 0.3) is 0 Å². The Morgan fingerprint density at radius 2 is 1.69 bits per heavy atom. The average molecular weight is 409 g/mol. The molecule has 1 aromatic rings. The lowest BCUT2D eigenvalue weighted by Crippen LogP contribution is -2.55. The molecule has 2 amide bonds. The first-order valence-corrected chi connectivity index (χ1v) is 9.18. The molecule has 1 rings (SSSR count). The van der Waals surface area contributed by atoms with Gasteiger partial charge in [0.2, 0.25) is 11.8 Å². The first-order chi connectivity index (χ1) is 13.8. The summed E-state index contributed by atoms with van der Waals surface area (Å²) in [6.07, 6.45) is -0.385. The van der Waals surface area contributed by atoms with E-state index in [2.05, 4.69) is 10.6 Å². The van der Waals surface area contributed by atoms with Crippen LogP contribution in [0.1, 0.15) is 25.3 Å². The van der Waals surface area contributed by atoms with Crippen LogP contribution < -0.4 is 16.4 Å². The van der Waals surface area contributed by atoms with Crippen molar-refractivity contribution >= 4 is 23.8 Å². The normalized spacial score (nSPS) is 13.6. The van der Waals surface area contributed by atoms with Crippen LogP contribution in [0.2, 0.25) is 0 Å². The Bertz CT molecular complexity index is 696. The lowest BCUT2D eigenvalue weighted by molar-refractivity contribution is -0.149. The Balaban J connectivity index is 2.79. The number of aliphatic hydroxyl groups is 1. The number of rotatable bonds is 12. The highest BCUT2D eigenvalue weighted by Crippen LogP contribution is 2.04. The predicted molar refractivity (Wildman–Crippen MR) is 103 cm³/mol. The maximum atomic E-state index is 12.5. The van der Waals surface area contributed by atoms with Gasteiger partial charge < -0.3 is 31.3 Å². The van der Waals surface area contributed by atoms with Gasteiger partial charge in [-0.25, -0.2) is 4.79 Å². The molecule has 0 aliphatic rings. The summed E-state index contributed by atoms with van der Waals surface area (Å²) in [6.45, 7) is 0.911. The summed E-state index contributed by atoms with van der Waals surface area (Å²) in [5.74, 6) is -3.46. The van der Waals surface area contributed by atoms with Crippen LogP contribution >= 0.6 is 0 Å². The van der Waals surface area contributed by atoms with Crippen molar-refractivity contribution in [1.82, 2.24) is 10.6 Å². The molecular formula is C19H27N3O7. The number of amides is 2.